The average Bonchev–Trinajstić information content (AvgIpc) is 3.35. The van der Waals surface area contributed by atoms with E-state index in [1.165, 1.54) is 24.0 Å². The molecule has 1 saturated heterocycles. The average molecular weight is 544 g/mol. The van der Waals surface area contributed by atoms with E-state index in [4.69, 9.17) is 9.73 Å². The van der Waals surface area contributed by atoms with Crippen LogP contribution in [0.3, 0.4) is 0 Å². The lowest BCUT2D eigenvalue weighted by molar-refractivity contribution is -0.108. The lowest BCUT2D eigenvalue weighted by Crippen LogP contribution is -2.57. The van der Waals surface area contributed by atoms with E-state index in [9.17, 15) is 4.79 Å². The molecule has 6 atom stereocenters. The van der Waals surface area contributed by atoms with Crippen molar-refractivity contribution in [2.45, 2.75) is 71.5 Å². The zero-order valence-corrected chi connectivity index (χ0v) is 24.7. The summed E-state index contributed by atoms with van der Waals surface area (Å²) in [4.78, 5) is 20.9. The van der Waals surface area contributed by atoms with Crippen LogP contribution in [0.5, 0.6) is 5.75 Å². The maximum absolute atomic E-state index is 13.1. The molecule has 0 spiro atoms. The maximum atomic E-state index is 13.1. The van der Waals surface area contributed by atoms with Crippen LogP contribution in [0.1, 0.15) is 62.0 Å². The van der Waals surface area contributed by atoms with Gasteiger partial charge in [0.15, 0.2) is 5.96 Å². The van der Waals surface area contributed by atoms with Crippen LogP contribution in [0.2, 0.25) is 0 Å². The molecule has 3 N–H and O–H groups in total. The van der Waals surface area contributed by atoms with Crippen molar-refractivity contribution in [3.63, 3.8) is 0 Å². The van der Waals surface area contributed by atoms with Crippen LogP contribution in [-0.2, 0) is 12.8 Å². The Morgan fingerprint density at radius 2 is 1.85 bits per heavy atom. The molecule has 2 aromatic carbocycles. The Bertz CT molecular complexity index is 1270. The van der Waals surface area contributed by atoms with Gasteiger partial charge in [0.2, 0.25) is 0 Å². The number of benzene rings is 2. The number of piperazine rings is 1. The van der Waals surface area contributed by atoms with Crippen LogP contribution in [0.25, 0.3) is 0 Å². The number of rotatable bonds is 5. The molecule has 3 saturated carbocycles. The number of nitrogens with zero attached hydrogens (tertiary/aromatic N) is 2. The van der Waals surface area contributed by atoms with Crippen LogP contribution in [0.15, 0.2) is 47.5 Å². The molecule has 7 nitrogen and oxygen atoms in total. The summed E-state index contributed by atoms with van der Waals surface area (Å²) in [5.74, 6) is 3.94. The lowest BCUT2D eigenvalue weighted by atomic mass is 9.45. The zero-order chi connectivity index (χ0) is 28.0. The highest BCUT2D eigenvalue weighted by Gasteiger charge is 2.56. The molecule has 2 bridgehead atoms. The van der Waals surface area contributed by atoms with Gasteiger partial charge >= 0.3 is 0 Å². The fourth-order valence-corrected chi connectivity index (χ4v) is 7.69. The minimum absolute atomic E-state index is 0.0287. The van der Waals surface area contributed by atoms with E-state index in [1.807, 2.05) is 30.3 Å². The van der Waals surface area contributed by atoms with Gasteiger partial charge in [-0.15, -0.1) is 0 Å². The molecule has 7 rings (SSSR count). The second-order valence-corrected chi connectivity index (χ2v) is 13.2. The number of fused-ring (bicyclic) bond motifs is 3. The predicted molar refractivity (Wildman–Crippen MR) is 161 cm³/mol. The number of hydrogen-bond acceptors (Lipinski definition) is 4. The maximum Gasteiger partial charge on any atom is 0.251 e. The van der Waals surface area contributed by atoms with Gasteiger partial charge in [-0.05, 0) is 103 Å². The second kappa shape index (κ2) is 10.7. The van der Waals surface area contributed by atoms with Crippen LogP contribution < -0.4 is 20.7 Å². The fourth-order valence-electron chi connectivity index (χ4n) is 7.69. The molecule has 214 valence electrons. The number of aliphatic imine (C=N–C) groups is 1. The third-order valence-electron chi connectivity index (χ3n) is 10.4. The number of methoxy groups -OCH3 is 1. The van der Waals surface area contributed by atoms with Crippen molar-refractivity contribution in [1.29, 1.82) is 0 Å². The van der Waals surface area contributed by atoms with Gasteiger partial charge in [-0.1, -0.05) is 26.8 Å². The van der Waals surface area contributed by atoms with Gasteiger partial charge in [-0.25, -0.2) is 4.99 Å². The van der Waals surface area contributed by atoms with Gasteiger partial charge in [-0.2, -0.15) is 0 Å². The Kier molecular flexibility index (Phi) is 7.28. The number of carbonyl (C=O) groups is 1. The predicted octanol–water partition coefficient (Wildman–Crippen LogP) is 4.72. The first kappa shape index (κ1) is 27.1. The summed E-state index contributed by atoms with van der Waals surface area (Å²) in [6.07, 6.45) is 4.22. The first-order valence-corrected chi connectivity index (χ1v) is 15.1. The van der Waals surface area contributed by atoms with Crippen molar-refractivity contribution in [3.05, 3.63) is 59.2 Å². The second-order valence-electron chi connectivity index (χ2n) is 13.2. The van der Waals surface area contributed by atoms with Crippen molar-refractivity contribution in [1.82, 2.24) is 15.5 Å². The number of carbonyl (C=O) groups excluding carboxylic acids is 1. The normalized spacial score (nSPS) is 30.7. The van der Waals surface area contributed by atoms with Crippen LogP contribution in [0, 0.1) is 23.2 Å². The van der Waals surface area contributed by atoms with Crippen LogP contribution in [0.4, 0.5) is 5.69 Å². The molecule has 2 aromatic rings. The minimum atomic E-state index is -0.0287. The number of anilines is 1. The third kappa shape index (κ3) is 5.20. The number of ether oxygens (including phenoxy) is 1. The summed E-state index contributed by atoms with van der Waals surface area (Å²) in [5.41, 5.74) is 4.64. The number of guanidine groups is 1. The van der Waals surface area contributed by atoms with Crippen molar-refractivity contribution >= 4 is 17.6 Å². The Morgan fingerprint density at radius 3 is 2.55 bits per heavy atom. The molecular formula is C33H45N5O2. The van der Waals surface area contributed by atoms with Crippen LogP contribution >= 0.6 is 0 Å². The summed E-state index contributed by atoms with van der Waals surface area (Å²) in [7, 11) is 1.69. The molecule has 4 fully saturated rings. The van der Waals surface area contributed by atoms with Gasteiger partial charge in [0.05, 0.1) is 13.2 Å². The van der Waals surface area contributed by atoms with Crippen LogP contribution in [-0.4, -0.2) is 61.6 Å². The smallest absolute Gasteiger partial charge is 0.251 e. The summed E-state index contributed by atoms with van der Waals surface area (Å²) in [6.45, 7) is 12.3. The van der Waals surface area contributed by atoms with E-state index in [0.717, 1.165) is 61.7 Å². The number of nitrogens with one attached hydrogen (secondary N) is 3. The van der Waals surface area contributed by atoms with E-state index < -0.39 is 0 Å². The Morgan fingerprint density at radius 1 is 1.07 bits per heavy atom. The summed E-state index contributed by atoms with van der Waals surface area (Å²) < 4.78 is 5.36. The lowest BCUT2D eigenvalue weighted by Gasteiger charge is -2.61. The molecule has 1 aliphatic heterocycles. The summed E-state index contributed by atoms with van der Waals surface area (Å²) in [6, 6.07) is 14.9. The number of hydrogen-bond donors (Lipinski definition) is 3. The van der Waals surface area contributed by atoms with E-state index in [2.05, 4.69) is 60.7 Å². The van der Waals surface area contributed by atoms with E-state index >= 15 is 0 Å². The summed E-state index contributed by atoms with van der Waals surface area (Å²) in [5, 5.41) is 10.4. The highest BCUT2D eigenvalue weighted by molar-refractivity contribution is 5.97. The highest BCUT2D eigenvalue weighted by Crippen LogP contribution is 2.61. The first-order chi connectivity index (χ1) is 19.2. The molecule has 0 aromatic heterocycles. The van der Waals surface area contributed by atoms with Gasteiger partial charge in [-0.3, -0.25) is 4.79 Å². The SMILES string of the molecule is COc1ccc2c(c1)CC(NC(=O)c1ccc(NC(=N[C@H]3C[C@@H]4C[C@@H]([C@H]3C)C4(C)C)N3CCN[C@@H](C)C3)cc1)C2. The molecular weight excluding hydrogens is 498 g/mol. The van der Waals surface area contributed by atoms with E-state index in [0.29, 0.717) is 29.0 Å². The molecule has 1 amide bonds. The monoisotopic (exact) mass is 543 g/mol. The fraction of sp³-hybridized carbons (Fsp3) is 0.576. The first-order valence-electron chi connectivity index (χ1n) is 15.1. The molecule has 0 radical (unpaired) electrons. The Labute approximate surface area is 239 Å². The minimum Gasteiger partial charge on any atom is -0.497 e. The van der Waals surface area contributed by atoms with Crippen molar-refractivity contribution < 1.29 is 9.53 Å². The van der Waals surface area contributed by atoms with E-state index in [1.54, 1.807) is 7.11 Å². The standard InChI is InChI=1S/C33H45N5O2/c1-20-19-38(13-12-34-20)32(37-30-18-25-17-29(21(30)2)33(25,3)4)36-26-9-6-22(7-10-26)31(39)35-27-14-23-8-11-28(40-5)16-24(23)15-27/h6-11,16,20-21,25,27,29-30,34H,12-15,17-19H2,1-5H3,(H,35,39)(H,36,37)/t20-,21+,25-,27?,29-,30-/m0/s1. The highest BCUT2D eigenvalue weighted by atomic mass is 16.5. The Balaban J connectivity index is 1.13. The van der Waals surface area contributed by atoms with Gasteiger partial charge in [0, 0.05) is 43.0 Å². The quantitative estimate of drug-likeness (QED) is 0.376. The topological polar surface area (TPSA) is 78.0 Å². The van der Waals surface area contributed by atoms with Crippen molar-refractivity contribution in [2.75, 3.05) is 32.1 Å². The third-order valence-corrected chi connectivity index (χ3v) is 10.4. The van der Waals surface area contributed by atoms with Gasteiger partial charge in [0.25, 0.3) is 5.91 Å². The van der Waals surface area contributed by atoms with Gasteiger partial charge in [0.1, 0.15) is 5.75 Å². The molecule has 1 unspecified atom stereocenters. The molecule has 1 heterocycles. The molecule has 5 aliphatic rings. The van der Waals surface area contributed by atoms with Gasteiger partial charge < -0.3 is 25.6 Å². The van der Waals surface area contributed by atoms with E-state index in [-0.39, 0.29) is 11.9 Å². The van der Waals surface area contributed by atoms with Crippen molar-refractivity contribution in [2.24, 2.45) is 28.2 Å². The largest absolute Gasteiger partial charge is 0.497 e. The summed E-state index contributed by atoms with van der Waals surface area (Å²) >= 11 is 0. The molecule has 40 heavy (non-hydrogen) atoms. The molecule has 4 aliphatic carbocycles. The Hall–Kier alpha value is -3.06. The zero-order valence-electron chi connectivity index (χ0n) is 24.7. The number of amides is 1. The van der Waals surface area contributed by atoms with Crippen molar-refractivity contribution in [3.8, 4) is 5.75 Å². The molecule has 7 heteroatoms.